The van der Waals surface area contributed by atoms with E-state index in [0.717, 1.165) is 16.7 Å². The summed E-state index contributed by atoms with van der Waals surface area (Å²) in [6.07, 6.45) is 1.75. The minimum atomic E-state index is -0.00126. The molecule has 1 N–H and O–H groups in total. The van der Waals surface area contributed by atoms with E-state index in [0.29, 0.717) is 26.4 Å². The standard InChI is InChI=1S/C19H22O3/c20-12-11-19(15-21-13-17-7-3-1-4-8-17)16-22-14-18-9-5-2-6-10-18/h1-11,20H,12-16H2. The van der Waals surface area contributed by atoms with Crippen LogP contribution in [0.2, 0.25) is 0 Å². The van der Waals surface area contributed by atoms with Gasteiger partial charge in [0.05, 0.1) is 33.0 Å². The molecule has 3 nitrogen and oxygen atoms in total. The second-order valence-corrected chi connectivity index (χ2v) is 5.00. The molecule has 116 valence electrons. The van der Waals surface area contributed by atoms with Crippen molar-refractivity contribution < 1.29 is 14.6 Å². The third kappa shape index (κ3) is 6.22. The number of benzene rings is 2. The Hall–Kier alpha value is -1.94. The molecule has 22 heavy (non-hydrogen) atoms. The number of aliphatic hydroxyl groups excluding tert-OH is 1. The predicted molar refractivity (Wildman–Crippen MR) is 87.4 cm³/mol. The van der Waals surface area contributed by atoms with Gasteiger partial charge in [-0.2, -0.15) is 0 Å². The molecule has 2 aromatic carbocycles. The van der Waals surface area contributed by atoms with Gasteiger partial charge in [-0.15, -0.1) is 0 Å². The molecule has 2 rings (SSSR count). The highest BCUT2D eigenvalue weighted by Gasteiger charge is 2.00. The van der Waals surface area contributed by atoms with Gasteiger partial charge in [0.15, 0.2) is 0 Å². The second kappa shape index (κ2) is 9.90. The maximum Gasteiger partial charge on any atom is 0.0721 e. The maximum atomic E-state index is 9.08. The number of aliphatic hydroxyl groups is 1. The van der Waals surface area contributed by atoms with Gasteiger partial charge < -0.3 is 14.6 Å². The maximum absolute atomic E-state index is 9.08. The van der Waals surface area contributed by atoms with Gasteiger partial charge >= 0.3 is 0 Å². The minimum absolute atomic E-state index is 0.00126. The lowest BCUT2D eigenvalue weighted by atomic mass is 10.2. The molecular formula is C19H22O3. The van der Waals surface area contributed by atoms with Gasteiger partial charge in [0.25, 0.3) is 0 Å². The fourth-order valence-corrected chi connectivity index (χ4v) is 2.04. The normalized spacial score (nSPS) is 10.4. The SMILES string of the molecule is OCC=C(COCc1ccccc1)COCc1ccccc1. The molecule has 0 aliphatic heterocycles. The van der Waals surface area contributed by atoms with Gasteiger partial charge in [-0.3, -0.25) is 0 Å². The Balaban J connectivity index is 1.72. The van der Waals surface area contributed by atoms with Crippen LogP contribution in [0.25, 0.3) is 0 Å². The fourth-order valence-electron chi connectivity index (χ4n) is 2.04. The van der Waals surface area contributed by atoms with Crippen molar-refractivity contribution in [3.63, 3.8) is 0 Å². The third-order valence-electron chi connectivity index (χ3n) is 3.18. The number of rotatable bonds is 9. The first-order valence-corrected chi connectivity index (χ1v) is 7.40. The average molecular weight is 298 g/mol. The van der Waals surface area contributed by atoms with E-state index < -0.39 is 0 Å². The number of hydrogen-bond donors (Lipinski definition) is 1. The molecule has 0 radical (unpaired) electrons. The van der Waals surface area contributed by atoms with E-state index in [1.807, 2.05) is 60.7 Å². The first-order valence-electron chi connectivity index (χ1n) is 7.40. The Kier molecular flexibility index (Phi) is 7.39. The van der Waals surface area contributed by atoms with Gasteiger partial charge in [-0.25, -0.2) is 0 Å². The summed E-state index contributed by atoms with van der Waals surface area (Å²) in [6.45, 7) is 2.04. The van der Waals surface area contributed by atoms with Gasteiger partial charge in [0.2, 0.25) is 0 Å². The van der Waals surface area contributed by atoms with Crippen molar-refractivity contribution in [1.82, 2.24) is 0 Å². The quantitative estimate of drug-likeness (QED) is 0.722. The van der Waals surface area contributed by atoms with Crippen molar-refractivity contribution in [2.24, 2.45) is 0 Å². The highest BCUT2D eigenvalue weighted by Crippen LogP contribution is 2.06. The van der Waals surface area contributed by atoms with E-state index in [9.17, 15) is 0 Å². The molecule has 0 unspecified atom stereocenters. The highest BCUT2D eigenvalue weighted by atomic mass is 16.5. The lowest BCUT2D eigenvalue weighted by molar-refractivity contribution is 0.104. The van der Waals surface area contributed by atoms with E-state index >= 15 is 0 Å². The van der Waals surface area contributed by atoms with Gasteiger partial charge in [0, 0.05) is 0 Å². The predicted octanol–water partition coefficient (Wildman–Crippen LogP) is 3.34. The third-order valence-corrected chi connectivity index (χ3v) is 3.18. The van der Waals surface area contributed by atoms with Gasteiger partial charge in [-0.05, 0) is 16.7 Å². The number of ether oxygens (including phenoxy) is 2. The molecule has 0 aromatic heterocycles. The van der Waals surface area contributed by atoms with Crippen molar-refractivity contribution in [3.8, 4) is 0 Å². The first-order chi connectivity index (χ1) is 10.9. The molecule has 3 heteroatoms. The van der Waals surface area contributed by atoms with Gasteiger partial charge in [-0.1, -0.05) is 66.7 Å². The molecule has 0 aliphatic carbocycles. The van der Waals surface area contributed by atoms with Crippen molar-refractivity contribution in [2.45, 2.75) is 13.2 Å². The Morgan fingerprint density at radius 1 is 0.773 bits per heavy atom. The van der Waals surface area contributed by atoms with Crippen LogP contribution in [-0.4, -0.2) is 24.9 Å². The topological polar surface area (TPSA) is 38.7 Å². The molecule has 0 aliphatic rings. The fraction of sp³-hybridized carbons (Fsp3) is 0.263. The van der Waals surface area contributed by atoms with E-state index in [4.69, 9.17) is 14.6 Å². The number of hydrogen-bond acceptors (Lipinski definition) is 3. The summed E-state index contributed by atoms with van der Waals surface area (Å²) in [7, 11) is 0. The monoisotopic (exact) mass is 298 g/mol. The smallest absolute Gasteiger partial charge is 0.0721 e. The summed E-state index contributed by atoms with van der Waals surface area (Å²) in [4.78, 5) is 0. The second-order valence-electron chi connectivity index (χ2n) is 5.00. The molecular weight excluding hydrogens is 276 g/mol. The van der Waals surface area contributed by atoms with Crippen LogP contribution in [0.15, 0.2) is 72.3 Å². The zero-order valence-electron chi connectivity index (χ0n) is 12.7. The van der Waals surface area contributed by atoms with E-state index in [1.165, 1.54) is 0 Å². The average Bonchev–Trinajstić information content (AvgIpc) is 2.57. The molecule has 0 atom stereocenters. The Morgan fingerprint density at radius 2 is 1.23 bits per heavy atom. The van der Waals surface area contributed by atoms with Crippen LogP contribution in [0.5, 0.6) is 0 Å². The zero-order chi connectivity index (χ0) is 15.5. The van der Waals surface area contributed by atoms with Crippen LogP contribution in [0.1, 0.15) is 11.1 Å². The molecule has 0 heterocycles. The minimum Gasteiger partial charge on any atom is -0.392 e. The highest BCUT2D eigenvalue weighted by molar-refractivity contribution is 5.14. The van der Waals surface area contributed by atoms with Crippen molar-refractivity contribution in [1.29, 1.82) is 0 Å². The van der Waals surface area contributed by atoms with E-state index in [-0.39, 0.29) is 6.61 Å². The van der Waals surface area contributed by atoms with Gasteiger partial charge in [0.1, 0.15) is 0 Å². The van der Waals surface area contributed by atoms with E-state index in [2.05, 4.69) is 0 Å². The summed E-state index contributed by atoms with van der Waals surface area (Å²) in [6, 6.07) is 20.1. The van der Waals surface area contributed by atoms with Crippen molar-refractivity contribution >= 4 is 0 Å². The van der Waals surface area contributed by atoms with Crippen LogP contribution in [-0.2, 0) is 22.7 Å². The summed E-state index contributed by atoms with van der Waals surface area (Å²) in [5, 5.41) is 9.08. The zero-order valence-corrected chi connectivity index (χ0v) is 12.7. The lowest BCUT2D eigenvalue weighted by Gasteiger charge is -2.10. The molecule has 0 saturated carbocycles. The molecule has 0 amide bonds. The summed E-state index contributed by atoms with van der Waals surface area (Å²) < 4.78 is 11.4. The summed E-state index contributed by atoms with van der Waals surface area (Å²) in [5.41, 5.74) is 3.22. The molecule has 2 aromatic rings. The van der Waals surface area contributed by atoms with Crippen LogP contribution >= 0.6 is 0 Å². The summed E-state index contributed by atoms with van der Waals surface area (Å²) in [5.74, 6) is 0. The lowest BCUT2D eigenvalue weighted by Crippen LogP contribution is -2.07. The molecule has 0 bridgehead atoms. The molecule has 0 fully saturated rings. The van der Waals surface area contributed by atoms with Crippen LogP contribution in [0.3, 0.4) is 0 Å². The first kappa shape index (κ1) is 16.4. The Bertz CT molecular complexity index is 502. The Labute approximate surface area is 131 Å². The summed E-state index contributed by atoms with van der Waals surface area (Å²) >= 11 is 0. The molecule has 0 saturated heterocycles. The van der Waals surface area contributed by atoms with Crippen LogP contribution < -0.4 is 0 Å². The Morgan fingerprint density at radius 3 is 1.64 bits per heavy atom. The molecule has 0 spiro atoms. The van der Waals surface area contributed by atoms with E-state index in [1.54, 1.807) is 6.08 Å². The van der Waals surface area contributed by atoms with Crippen LogP contribution in [0, 0.1) is 0 Å². The van der Waals surface area contributed by atoms with Crippen molar-refractivity contribution in [3.05, 3.63) is 83.4 Å². The van der Waals surface area contributed by atoms with Crippen molar-refractivity contribution in [2.75, 3.05) is 19.8 Å². The largest absolute Gasteiger partial charge is 0.392 e. The van der Waals surface area contributed by atoms with Crippen LogP contribution in [0.4, 0.5) is 0 Å².